The van der Waals surface area contributed by atoms with Gasteiger partial charge in [0.05, 0.1) is 21.7 Å². The number of benzene rings is 2. The lowest BCUT2D eigenvalue weighted by Crippen LogP contribution is -2.16. The number of rotatable bonds is 7. The Morgan fingerprint density at radius 1 is 0.828 bits per heavy atom. The van der Waals surface area contributed by atoms with E-state index in [4.69, 9.17) is 0 Å². The van der Waals surface area contributed by atoms with E-state index >= 15 is 0 Å². The molecule has 0 atom stereocenters. The molecule has 0 aromatic heterocycles. The summed E-state index contributed by atoms with van der Waals surface area (Å²) < 4.78 is 104. The first-order valence-corrected chi connectivity index (χ1v) is 10.2. The minimum atomic E-state index is -5.07. The second-order valence-corrected chi connectivity index (χ2v) is 8.18. The molecule has 0 aliphatic carbocycles. The molecule has 2 aromatic carbocycles. The van der Waals surface area contributed by atoms with Crippen molar-refractivity contribution in [1.82, 2.24) is 0 Å². The Bertz CT molecular complexity index is 902. The maximum Gasteiger partial charge on any atom is 0.416 e. The Kier molecular flexibility index (Phi) is 6.87. The van der Waals surface area contributed by atoms with Crippen LogP contribution in [0.25, 0.3) is 0 Å². The van der Waals surface area contributed by atoms with Gasteiger partial charge in [-0.3, -0.25) is 4.72 Å². The van der Waals surface area contributed by atoms with Gasteiger partial charge in [0.1, 0.15) is 0 Å². The molecule has 0 bridgehead atoms. The fourth-order valence-corrected chi connectivity index (χ4v) is 3.68. The summed E-state index contributed by atoms with van der Waals surface area (Å²) in [4.78, 5) is -0.261. The van der Waals surface area contributed by atoms with Crippen LogP contribution < -0.4 is 4.72 Å². The van der Waals surface area contributed by atoms with Gasteiger partial charge in [-0.1, -0.05) is 31.9 Å². The van der Waals surface area contributed by atoms with Gasteiger partial charge in [0.2, 0.25) is 0 Å². The molecule has 0 spiro atoms. The topological polar surface area (TPSA) is 46.2 Å². The zero-order valence-corrected chi connectivity index (χ0v) is 16.2. The molecular formula is C19H19F6NO2S. The maximum absolute atomic E-state index is 12.9. The zero-order chi connectivity index (χ0) is 21.9. The predicted molar refractivity (Wildman–Crippen MR) is 96.9 cm³/mol. The van der Waals surface area contributed by atoms with Crippen LogP contribution in [0.1, 0.15) is 42.9 Å². The van der Waals surface area contributed by atoms with Gasteiger partial charge in [0, 0.05) is 0 Å². The third kappa shape index (κ3) is 6.38. The van der Waals surface area contributed by atoms with E-state index < -0.39 is 39.2 Å². The lowest BCUT2D eigenvalue weighted by atomic mass is 10.1. The van der Waals surface area contributed by atoms with Crippen LogP contribution in [0.2, 0.25) is 0 Å². The summed E-state index contributed by atoms with van der Waals surface area (Å²) in [7, 11) is -4.36. The Hall–Kier alpha value is -2.23. The van der Waals surface area contributed by atoms with E-state index in [1.165, 1.54) is 12.1 Å². The Balaban J connectivity index is 2.31. The van der Waals surface area contributed by atoms with Crippen LogP contribution in [0.5, 0.6) is 0 Å². The summed E-state index contributed by atoms with van der Waals surface area (Å²) in [5.74, 6) is 0. The Labute approximate surface area is 164 Å². The molecule has 0 radical (unpaired) electrons. The van der Waals surface area contributed by atoms with Crippen molar-refractivity contribution in [3.8, 4) is 0 Å². The highest BCUT2D eigenvalue weighted by Gasteiger charge is 2.37. The van der Waals surface area contributed by atoms with Gasteiger partial charge in [-0.25, -0.2) is 8.42 Å². The molecule has 0 amide bonds. The molecule has 0 fully saturated rings. The number of nitrogens with one attached hydrogen (secondary N) is 1. The van der Waals surface area contributed by atoms with Crippen LogP contribution in [-0.2, 0) is 28.8 Å². The Morgan fingerprint density at radius 2 is 1.34 bits per heavy atom. The summed E-state index contributed by atoms with van der Waals surface area (Å²) in [5.41, 5.74) is -3.14. The molecule has 1 N–H and O–H groups in total. The molecule has 0 heterocycles. The van der Waals surface area contributed by atoms with Gasteiger partial charge >= 0.3 is 12.4 Å². The first kappa shape index (κ1) is 23.1. The van der Waals surface area contributed by atoms with Crippen LogP contribution >= 0.6 is 0 Å². The monoisotopic (exact) mass is 439 g/mol. The minimum absolute atomic E-state index is 0.0666. The third-order valence-electron chi connectivity index (χ3n) is 4.14. The molecule has 10 heteroatoms. The molecule has 0 saturated carbocycles. The minimum Gasteiger partial charge on any atom is -0.280 e. The average Bonchev–Trinajstić information content (AvgIpc) is 2.60. The lowest BCUT2D eigenvalue weighted by molar-refractivity contribution is -0.143. The summed E-state index contributed by atoms with van der Waals surface area (Å²) >= 11 is 0. The molecule has 29 heavy (non-hydrogen) atoms. The van der Waals surface area contributed by atoms with E-state index in [1.807, 2.05) is 6.92 Å². The molecule has 2 aromatic rings. The van der Waals surface area contributed by atoms with Crippen molar-refractivity contribution in [2.24, 2.45) is 0 Å². The van der Waals surface area contributed by atoms with Crippen molar-refractivity contribution in [2.45, 2.75) is 49.9 Å². The van der Waals surface area contributed by atoms with E-state index in [1.54, 1.807) is 16.9 Å². The number of aryl methyl sites for hydroxylation is 1. The third-order valence-corrected chi connectivity index (χ3v) is 5.54. The van der Waals surface area contributed by atoms with Crippen molar-refractivity contribution < 1.29 is 34.8 Å². The van der Waals surface area contributed by atoms with Crippen molar-refractivity contribution in [1.29, 1.82) is 0 Å². The number of hydrogen-bond donors (Lipinski definition) is 1. The van der Waals surface area contributed by atoms with Crippen LogP contribution in [0.3, 0.4) is 0 Å². The van der Waals surface area contributed by atoms with Crippen LogP contribution in [-0.4, -0.2) is 8.42 Å². The molecule has 3 nitrogen and oxygen atoms in total. The number of unbranched alkanes of at least 4 members (excludes halogenated alkanes) is 2. The number of alkyl halides is 6. The molecule has 0 saturated heterocycles. The number of sulfonamides is 1. The molecule has 0 unspecified atom stereocenters. The number of anilines is 1. The largest absolute Gasteiger partial charge is 0.416 e. The second kappa shape index (κ2) is 8.64. The fraction of sp³-hybridized carbons (Fsp3) is 0.368. The maximum atomic E-state index is 12.9. The van der Waals surface area contributed by atoms with Gasteiger partial charge in [-0.05, 0) is 48.7 Å². The summed E-state index contributed by atoms with van der Waals surface area (Å²) in [6.45, 7) is 2.04. The smallest absolute Gasteiger partial charge is 0.280 e. The van der Waals surface area contributed by atoms with Crippen molar-refractivity contribution in [3.63, 3.8) is 0 Å². The molecule has 0 aliphatic rings. The highest BCUT2D eigenvalue weighted by Crippen LogP contribution is 2.38. The Morgan fingerprint density at radius 3 is 1.79 bits per heavy atom. The molecule has 160 valence electrons. The van der Waals surface area contributed by atoms with Crippen molar-refractivity contribution in [2.75, 3.05) is 4.72 Å². The van der Waals surface area contributed by atoms with Crippen LogP contribution in [0.4, 0.5) is 32.0 Å². The van der Waals surface area contributed by atoms with Gasteiger partial charge in [0.25, 0.3) is 10.0 Å². The normalized spacial score (nSPS) is 12.8. The summed E-state index contributed by atoms with van der Waals surface area (Å²) in [6, 6.07) is 6.25. The molecular weight excluding hydrogens is 420 g/mol. The lowest BCUT2D eigenvalue weighted by Gasteiger charge is -2.15. The van der Waals surface area contributed by atoms with E-state index in [0.717, 1.165) is 31.2 Å². The van der Waals surface area contributed by atoms with Crippen molar-refractivity contribution in [3.05, 3.63) is 59.2 Å². The van der Waals surface area contributed by atoms with E-state index in [2.05, 4.69) is 0 Å². The van der Waals surface area contributed by atoms with E-state index in [9.17, 15) is 34.8 Å². The van der Waals surface area contributed by atoms with Gasteiger partial charge in [-0.2, -0.15) is 26.3 Å². The number of hydrogen-bond acceptors (Lipinski definition) is 2. The average molecular weight is 439 g/mol. The van der Waals surface area contributed by atoms with E-state index in [-0.39, 0.29) is 11.0 Å². The quantitative estimate of drug-likeness (QED) is 0.409. The highest BCUT2D eigenvalue weighted by atomic mass is 32.2. The van der Waals surface area contributed by atoms with Crippen LogP contribution in [0, 0.1) is 0 Å². The van der Waals surface area contributed by atoms with E-state index in [0.29, 0.717) is 12.1 Å². The predicted octanol–water partition coefficient (Wildman–Crippen LogP) is 6.26. The molecule has 2 rings (SSSR count). The molecule has 0 aliphatic heterocycles. The van der Waals surface area contributed by atoms with Crippen LogP contribution in [0.15, 0.2) is 47.4 Å². The number of halogens is 6. The standard InChI is InChI=1S/C19H19F6NO2S/c1-2-3-4-5-13-6-8-17(9-7-13)29(27,28)26-16-11-14(18(20,21)22)10-15(12-16)19(23,24)25/h6-12,26H,2-5H2,1H3. The summed E-state index contributed by atoms with van der Waals surface area (Å²) in [6.07, 6.45) is -6.44. The fourth-order valence-electron chi connectivity index (χ4n) is 2.64. The van der Waals surface area contributed by atoms with Gasteiger partial charge < -0.3 is 0 Å². The summed E-state index contributed by atoms with van der Waals surface area (Å²) in [5, 5.41) is 0. The SMILES string of the molecule is CCCCCc1ccc(S(=O)(=O)Nc2cc(C(F)(F)F)cc(C(F)(F)F)c2)cc1. The highest BCUT2D eigenvalue weighted by molar-refractivity contribution is 7.92. The first-order chi connectivity index (χ1) is 13.3. The zero-order valence-electron chi connectivity index (χ0n) is 15.4. The second-order valence-electron chi connectivity index (χ2n) is 6.50. The van der Waals surface area contributed by atoms with Crippen molar-refractivity contribution >= 4 is 15.7 Å². The van der Waals surface area contributed by atoms with Gasteiger partial charge in [-0.15, -0.1) is 0 Å². The first-order valence-electron chi connectivity index (χ1n) is 8.74. The van der Waals surface area contributed by atoms with Gasteiger partial charge in [0.15, 0.2) is 0 Å².